The molecule has 4 heterocycles. The summed E-state index contributed by atoms with van der Waals surface area (Å²) in [6.45, 7) is 5.24. The van der Waals surface area contributed by atoms with Crippen LogP contribution >= 0.6 is 0 Å². The van der Waals surface area contributed by atoms with Crippen molar-refractivity contribution < 1.29 is 4.79 Å². The highest BCUT2D eigenvalue weighted by molar-refractivity contribution is 6.32. The quantitative estimate of drug-likeness (QED) is 0.750. The summed E-state index contributed by atoms with van der Waals surface area (Å²) in [5.74, 6) is -0.200. The molecule has 156 valence electrons. The number of fused-ring (bicyclic) bond motifs is 1. The van der Waals surface area contributed by atoms with Gasteiger partial charge < -0.3 is 9.88 Å². The summed E-state index contributed by atoms with van der Waals surface area (Å²) in [6.07, 6.45) is 11.4. The Hall–Kier alpha value is -2.84. The maximum atomic E-state index is 12.6. The van der Waals surface area contributed by atoms with Crippen LogP contribution in [0.2, 0.25) is 0 Å². The van der Waals surface area contributed by atoms with Gasteiger partial charge in [-0.25, -0.2) is 5.43 Å². The van der Waals surface area contributed by atoms with E-state index in [1.165, 1.54) is 29.7 Å². The van der Waals surface area contributed by atoms with Gasteiger partial charge in [0.05, 0.1) is 11.8 Å². The molecule has 5 rings (SSSR count). The third-order valence-electron chi connectivity index (χ3n) is 6.28. The van der Waals surface area contributed by atoms with Gasteiger partial charge in [-0.2, -0.15) is 5.10 Å². The van der Waals surface area contributed by atoms with Crippen LogP contribution in [0.1, 0.15) is 41.1 Å². The van der Waals surface area contributed by atoms with E-state index in [9.17, 15) is 4.79 Å². The van der Waals surface area contributed by atoms with Gasteiger partial charge in [0, 0.05) is 56.5 Å². The summed E-state index contributed by atoms with van der Waals surface area (Å²) in [6, 6.07) is 0. The maximum Gasteiger partial charge on any atom is 0.273 e. The molecule has 30 heavy (non-hydrogen) atoms. The number of carbonyl (C=O) groups is 1. The average molecular weight is 406 g/mol. The topological polar surface area (TPSA) is 89.5 Å². The van der Waals surface area contributed by atoms with Gasteiger partial charge in [-0.3, -0.25) is 19.7 Å². The minimum Gasteiger partial charge on any atom is -0.358 e. The molecular formula is C22H27N7O. The number of hydrogen-bond acceptors (Lipinski definition) is 6. The van der Waals surface area contributed by atoms with Crippen molar-refractivity contribution in [3.8, 4) is 0 Å². The first-order valence-corrected chi connectivity index (χ1v) is 10.7. The van der Waals surface area contributed by atoms with Gasteiger partial charge in [-0.15, -0.1) is 0 Å². The van der Waals surface area contributed by atoms with Crippen LogP contribution in [0.25, 0.3) is 6.08 Å². The van der Waals surface area contributed by atoms with Crippen molar-refractivity contribution >= 4 is 17.7 Å². The number of rotatable bonds is 4. The molecule has 2 aromatic heterocycles. The molecule has 2 aliphatic heterocycles. The molecule has 1 amide bonds. The number of nitrogens with zero attached hydrogens (tertiary/aromatic N) is 5. The molecule has 1 fully saturated rings. The second-order valence-electron chi connectivity index (χ2n) is 8.31. The average Bonchev–Trinajstić information content (AvgIpc) is 3.31. The summed E-state index contributed by atoms with van der Waals surface area (Å²) in [5, 5.41) is 4.22. The third-order valence-corrected chi connectivity index (χ3v) is 6.28. The Balaban J connectivity index is 1.51. The van der Waals surface area contributed by atoms with E-state index in [0.29, 0.717) is 17.0 Å². The number of aryl methyl sites for hydroxylation is 1. The van der Waals surface area contributed by atoms with Crippen molar-refractivity contribution in [2.45, 2.75) is 32.2 Å². The SMILES string of the molecule is CN1CCN(Cc2c(/C=C3/C(=O)NN=C3c3cnccn3)[nH]c3c2CCCC3)CC1. The van der Waals surface area contributed by atoms with E-state index < -0.39 is 0 Å². The molecule has 0 aromatic carbocycles. The lowest BCUT2D eigenvalue weighted by molar-refractivity contribution is -0.116. The predicted octanol–water partition coefficient (Wildman–Crippen LogP) is 1.35. The Labute approximate surface area is 176 Å². The van der Waals surface area contributed by atoms with E-state index in [1.807, 2.05) is 6.08 Å². The summed E-state index contributed by atoms with van der Waals surface area (Å²) in [4.78, 5) is 29.5. The second-order valence-corrected chi connectivity index (χ2v) is 8.31. The number of H-pyrrole nitrogens is 1. The van der Waals surface area contributed by atoms with Crippen LogP contribution in [-0.2, 0) is 24.2 Å². The number of likely N-dealkylation sites (N-methyl/N-ethyl adjacent to an activating group) is 1. The molecule has 0 saturated carbocycles. The normalized spacial score (nSPS) is 21.6. The first-order valence-electron chi connectivity index (χ1n) is 10.7. The molecule has 1 aliphatic carbocycles. The van der Waals surface area contributed by atoms with E-state index in [-0.39, 0.29) is 5.91 Å². The van der Waals surface area contributed by atoms with Crippen LogP contribution < -0.4 is 5.43 Å². The number of aromatic amines is 1. The van der Waals surface area contributed by atoms with Gasteiger partial charge in [0.25, 0.3) is 5.91 Å². The Kier molecular flexibility index (Phi) is 5.18. The summed E-state index contributed by atoms with van der Waals surface area (Å²) < 4.78 is 0. The largest absolute Gasteiger partial charge is 0.358 e. The Morgan fingerprint density at radius 1 is 1.13 bits per heavy atom. The lowest BCUT2D eigenvalue weighted by atomic mass is 9.93. The number of nitrogens with one attached hydrogen (secondary N) is 2. The van der Waals surface area contributed by atoms with Crippen LogP contribution in [0.5, 0.6) is 0 Å². The van der Waals surface area contributed by atoms with Gasteiger partial charge in [0.15, 0.2) is 0 Å². The maximum absolute atomic E-state index is 12.6. The van der Waals surface area contributed by atoms with Crippen molar-refractivity contribution in [1.82, 2.24) is 30.2 Å². The fraction of sp³-hybridized carbons (Fsp3) is 0.455. The van der Waals surface area contributed by atoms with Crippen molar-refractivity contribution in [3.63, 3.8) is 0 Å². The van der Waals surface area contributed by atoms with Crippen LogP contribution in [0.4, 0.5) is 0 Å². The monoisotopic (exact) mass is 405 g/mol. The van der Waals surface area contributed by atoms with E-state index in [4.69, 9.17) is 0 Å². The number of carbonyl (C=O) groups excluding carboxylic acids is 1. The summed E-state index contributed by atoms with van der Waals surface area (Å²) >= 11 is 0. The molecular weight excluding hydrogens is 378 g/mol. The fourth-order valence-electron chi connectivity index (χ4n) is 4.54. The highest BCUT2D eigenvalue weighted by atomic mass is 16.2. The highest BCUT2D eigenvalue weighted by Crippen LogP contribution is 2.30. The third kappa shape index (κ3) is 3.68. The molecule has 2 aromatic rings. The lowest BCUT2D eigenvalue weighted by Crippen LogP contribution is -2.44. The smallest absolute Gasteiger partial charge is 0.273 e. The molecule has 1 saturated heterocycles. The van der Waals surface area contributed by atoms with Gasteiger partial charge >= 0.3 is 0 Å². The standard InChI is InChI=1S/C22H27N7O/c1-28-8-10-29(11-9-28)14-17-15-4-2-3-5-18(15)25-19(17)12-16-21(26-27-22(16)30)20-13-23-6-7-24-20/h6-7,12-13,25H,2-5,8-11,14H2,1H3,(H,27,30)/b16-12+. The Morgan fingerprint density at radius 2 is 1.97 bits per heavy atom. The summed E-state index contributed by atoms with van der Waals surface area (Å²) in [5.41, 5.74) is 9.41. The van der Waals surface area contributed by atoms with Crippen molar-refractivity contribution in [2.75, 3.05) is 33.2 Å². The first kappa shape index (κ1) is 19.1. The first-order chi connectivity index (χ1) is 14.7. The Morgan fingerprint density at radius 3 is 2.77 bits per heavy atom. The number of piperazine rings is 1. The highest BCUT2D eigenvalue weighted by Gasteiger charge is 2.28. The minimum absolute atomic E-state index is 0.200. The zero-order valence-corrected chi connectivity index (χ0v) is 17.3. The fourth-order valence-corrected chi connectivity index (χ4v) is 4.54. The number of hydrazone groups is 1. The number of aromatic nitrogens is 3. The number of hydrogen-bond donors (Lipinski definition) is 2. The summed E-state index contributed by atoms with van der Waals surface area (Å²) in [7, 11) is 2.18. The van der Waals surface area contributed by atoms with Crippen LogP contribution in [0, 0.1) is 0 Å². The zero-order chi connectivity index (χ0) is 20.5. The van der Waals surface area contributed by atoms with Gasteiger partial charge in [-0.05, 0) is 49.9 Å². The van der Waals surface area contributed by atoms with Gasteiger partial charge in [0.2, 0.25) is 0 Å². The Bertz CT molecular complexity index is 1000. The van der Waals surface area contributed by atoms with E-state index >= 15 is 0 Å². The number of amides is 1. The molecule has 8 nitrogen and oxygen atoms in total. The molecule has 3 aliphatic rings. The van der Waals surface area contributed by atoms with Crippen molar-refractivity contribution in [2.24, 2.45) is 5.10 Å². The van der Waals surface area contributed by atoms with E-state index in [1.54, 1.807) is 18.6 Å². The van der Waals surface area contributed by atoms with E-state index in [2.05, 4.69) is 42.3 Å². The molecule has 0 bridgehead atoms. The molecule has 0 radical (unpaired) electrons. The molecule has 0 unspecified atom stereocenters. The van der Waals surface area contributed by atoms with E-state index in [0.717, 1.165) is 51.3 Å². The minimum atomic E-state index is -0.200. The molecule has 0 spiro atoms. The van der Waals surface area contributed by atoms with Crippen LogP contribution in [0.15, 0.2) is 29.3 Å². The molecule has 2 N–H and O–H groups in total. The van der Waals surface area contributed by atoms with Crippen LogP contribution in [-0.4, -0.2) is 69.6 Å². The van der Waals surface area contributed by atoms with Crippen molar-refractivity contribution in [3.05, 3.63) is 52.4 Å². The van der Waals surface area contributed by atoms with Gasteiger partial charge in [-0.1, -0.05) is 0 Å². The predicted molar refractivity (Wildman–Crippen MR) is 115 cm³/mol. The van der Waals surface area contributed by atoms with Crippen LogP contribution in [0.3, 0.4) is 0 Å². The van der Waals surface area contributed by atoms with Crippen molar-refractivity contribution in [1.29, 1.82) is 0 Å². The van der Waals surface area contributed by atoms with Gasteiger partial charge in [0.1, 0.15) is 11.4 Å². The molecule has 0 atom stereocenters. The lowest BCUT2D eigenvalue weighted by Gasteiger charge is -2.32. The zero-order valence-electron chi connectivity index (χ0n) is 17.3. The second kappa shape index (κ2) is 8.12. The molecule has 8 heteroatoms.